The summed E-state index contributed by atoms with van der Waals surface area (Å²) in [7, 11) is 0. The SMILES string of the molecule is Nc1nnc(C2CCCN(c3ccc(NC(=O)Cc4ccccn4)nc3)C2)s1. The molecule has 28 heavy (non-hydrogen) atoms. The van der Waals surface area contributed by atoms with Crippen LogP contribution in [0.2, 0.25) is 0 Å². The van der Waals surface area contributed by atoms with E-state index in [-0.39, 0.29) is 12.3 Å². The maximum absolute atomic E-state index is 12.1. The quantitative estimate of drug-likeness (QED) is 0.683. The molecule has 0 bridgehead atoms. The lowest BCUT2D eigenvalue weighted by Crippen LogP contribution is -2.34. The normalized spacial score (nSPS) is 16.7. The summed E-state index contributed by atoms with van der Waals surface area (Å²) < 4.78 is 0. The second-order valence-electron chi connectivity index (χ2n) is 6.71. The van der Waals surface area contributed by atoms with Crippen molar-refractivity contribution < 1.29 is 4.79 Å². The molecule has 3 aromatic heterocycles. The van der Waals surface area contributed by atoms with E-state index in [0.29, 0.717) is 16.9 Å². The number of pyridine rings is 2. The van der Waals surface area contributed by atoms with Gasteiger partial charge in [0.1, 0.15) is 10.8 Å². The van der Waals surface area contributed by atoms with E-state index < -0.39 is 0 Å². The maximum atomic E-state index is 12.1. The van der Waals surface area contributed by atoms with Crippen LogP contribution in [-0.2, 0) is 11.2 Å². The minimum Gasteiger partial charge on any atom is -0.374 e. The summed E-state index contributed by atoms with van der Waals surface area (Å²) in [5.41, 5.74) is 7.48. The second kappa shape index (κ2) is 8.30. The van der Waals surface area contributed by atoms with E-state index in [4.69, 9.17) is 5.73 Å². The number of nitrogens with two attached hydrogens (primary N) is 1. The minimum atomic E-state index is -0.133. The van der Waals surface area contributed by atoms with Crippen LogP contribution in [-0.4, -0.2) is 39.2 Å². The Morgan fingerprint density at radius 2 is 2.18 bits per heavy atom. The van der Waals surface area contributed by atoms with Crippen LogP contribution in [0.1, 0.15) is 29.5 Å². The number of nitrogens with zero attached hydrogens (tertiary/aromatic N) is 5. The number of aromatic nitrogens is 4. The first kappa shape index (κ1) is 18.3. The Hall–Kier alpha value is -3.07. The van der Waals surface area contributed by atoms with Crippen LogP contribution in [0.4, 0.5) is 16.6 Å². The third-order valence-corrected chi connectivity index (χ3v) is 5.59. The number of amides is 1. The number of anilines is 3. The van der Waals surface area contributed by atoms with Gasteiger partial charge in [-0.3, -0.25) is 9.78 Å². The summed E-state index contributed by atoms with van der Waals surface area (Å²) in [4.78, 5) is 23.0. The molecule has 1 aliphatic heterocycles. The van der Waals surface area contributed by atoms with Crippen molar-refractivity contribution in [1.29, 1.82) is 0 Å². The first-order valence-electron chi connectivity index (χ1n) is 9.17. The van der Waals surface area contributed by atoms with Gasteiger partial charge < -0.3 is 16.0 Å². The molecule has 0 aliphatic carbocycles. The standard InChI is InChI=1S/C19H21N7OS/c20-19-25-24-18(28-19)13-4-3-9-26(12-13)15-6-7-16(22-11-15)23-17(27)10-14-5-1-2-8-21-14/h1-2,5-8,11,13H,3-4,9-10,12H2,(H2,20,25)(H,22,23,27). The molecule has 0 spiro atoms. The molecule has 1 amide bonds. The summed E-state index contributed by atoms with van der Waals surface area (Å²) in [5, 5.41) is 12.5. The van der Waals surface area contributed by atoms with Crippen LogP contribution >= 0.6 is 11.3 Å². The molecule has 1 fully saturated rings. The monoisotopic (exact) mass is 395 g/mol. The molecule has 1 saturated heterocycles. The summed E-state index contributed by atoms with van der Waals surface area (Å²) in [6.07, 6.45) is 5.86. The van der Waals surface area contributed by atoms with Gasteiger partial charge in [-0.05, 0) is 37.1 Å². The van der Waals surface area contributed by atoms with Gasteiger partial charge in [0.2, 0.25) is 11.0 Å². The number of carbonyl (C=O) groups is 1. The van der Waals surface area contributed by atoms with E-state index >= 15 is 0 Å². The summed E-state index contributed by atoms with van der Waals surface area (Å²) >= 11 is 1.46. The Balaban J connectivity index is 1.36. The van der Waals surface area contributed by atoms with Gasteiger partial charge in [-0.1, -0.05) is 17.4 Å². The van der Waals surface area contributed by atoms with E-state index in [1.165, 1.54) is 11.3 Å². The highest BCUT2D eigenvalue weighted by atomic mass is 32.1. The topological polar surface area (TPSA) is 110 Å². The van der Waals surface area contributed by atoms with Crippen molar-refractivity contribution in [2.24, 2.45) is 0 Å². The summed E-state index contributed by atoms with van der Waals surface area (Å²) in [5.74, 6) is 0.738. The number of hydrogen-bond donors (Lipinski definition) is 2. The van der Waals surface area contributed by atoms with Crippen molar-refractivity contribution in [2.75, 3.05) is 29.0 Å². The second-order valence-corrected chi connectivity index (χ2v) is 7.75. The Morgan fingerprint density at radius 1 is 1.25 bits per heavy atom. The average Bonchev–Trinajstić information content (AvgIpc) is 3.16. The fourth-order valence-electron chi connectivity index (χ4n) is 3.33. The van der Waals surface area contributed by atoms with Gasteiger partial charge in [0.15, 0.2) is 0 Å². The molecule has 0 radical (unpaired) electrons. The molecule has 4 rings (SSSR count). The first-order valence-corrected chi connectivity index (χ1v) is 9.98. The van der Waals surface area contributed by atoms with Gasteiger partial charge >= 0.3 is 0 Å². The van der Waals surface area contributed by atoms with Crippen LogP contribution < -0.4 is 16.0 Å². The zero-order valence-electron chi connectivity index (χ0n) is 15.3. The molecule has 3 N–H and O–H groups in total. The number of carbonyl (C=O) groups excluding carboxylic acids is 1. The molecule has 3 aromatic rings. The smallest absolute Gasteiger partial charge is 0.231 e. The highest BCUT2D eigenvalue weighted by Gasteiger charge is 2.24. The maximum Gasteiger partial charge on any atom is 0.231 e. The molecule has 0 aromatic carbocycles. The number of piperidine rings is 1. The highest BCUT2D eigenvalue weighted by molar-refractivity contribution is 7.15. The molecular weight excluding hydrogens is 374 g/mol. The van der Waals surface area contributed by atoms with Gasteiger partial charge in [0, 0.05) is 30.9 Å². The van der Waals surface area contributed by atoms with E-state index in [2.05, 4.69) is 30.4 Å². The number of hydrogen-bond acceptors (Lipinski definition) is 8. The van der Waals surface area contributed by atoms with Crippen LogP contribution in [0.3, 0.4) is 0 Å². The van der Waals surface area contributed by atoms with Crippen molar-refractivity contribution in [1.82, 2.24) is 20.2 Å². The lowest BCUT2D eigenvalue weighted by molar-refractivity contribution is -0.115. The fraction of sp³-hybridized carbons (Fsp3) is 0.316. The third-order valence-electron chi connectivity index (χ3n) is 4.68. The van der Waals surface area contributed by atoms with Crippen molar-refractivity contribution in [3.8, 4) is 0 Å². The van der Waals surface area contributed by atoms with Gasteiger partial charge in [0.25, 0.3) is 0 Å². The Labute approximate surface area is 166 Å². The van der Waals surface area contributed by atoms with E-state index in [1.807, 2.05) is 30.3 Å². The lowest BCUT2D eigenvalue weighted by atomic mass is 9.98. The van der Waals surface area contributed by atoms with E-state index in [9.17, 15) is 4.79 Å². The first-order chi connectivity index (χ1) is 13.7. The van der Waals surface area contributed by atoms with Gasteiger partial charge in [-0.15, -0.1) is 10.2 Å². The zero-order chi connectivity index (χ0) is 19.3. The molecule has 8 nitrogen and oxygen atoms in total. The molecule has 144 valence electrons. The van der Waals surface area contributed by atoms with Crippen molar-refractivity contribution in [2.45, 2.75) is 25.2 Å². The largest absolute Gasteiger partial charge is 0.374 e. The van der Waals surface area contributed by atoms with Crippen LogP contribution in [0, 0.1) is 0 Å². The number of rotatable bonds is 5. The molecular formula is C19H21N7OS. The molecule has 4 heterocycles. The lowest BCUT2D eigenvalue weighted by Gasteiger charge is -2.33. The Bertz CT molecular complexity index is 929. The van der Waals surface area contributed by atoms with Crippen LogP contribution in [0.25, 0.3) is 0 Å². The van der Waals surface area contributed by atoms with Gasteiger partial charge in [-0.25, -0.2) is 4.98 Å². The highest BCUT2D eigenvalue weighted by Crippen LogP contribution is 2.32. The third kappa shape index (κ3) is 4.42. The van der Waals surface area contributed by atoms with Gasteiger partial charge in [0.05, 0.1) is 18.3 Å². The molecule has 1 unspecified atom stereocenters. The summed E-state index contributed by atoms with van der Waals surface area (Å²) in [6.45, 7) is 1.83. The predicted octanol–water partition coefficient (Wildman–Crippen LogP) is 2.48. The average molecular weight is 395 g/mol. The molecule has 1 aliphatic rings. The summed E-state index contributed by atoms with van der Waals surface area (Å²) in [6, 6.07) is 9.34. The molecule has 9 heteroatoms. The predicted molar refractivity (Wildman–Crippen MR) is 109 cm³/mol. The molecule has 0 saturated carbocycles. The van der Waals surface area contributed by atoms with Crippen LogP contribution in [0.5, 0.6) is 0 Å². The van der Waals surface area contributed by atoms with E-state index in [0.717, 1.165) is 42.3 Å². The van der Waals surface area contributed by atoms with Gasteiger partial charge in [-0.2, -0.15) is 0 Å². The van der Waals surface area contributed by atoms with Crippen molar-refractivity contribution in [3.05, 3.63) is 53.4 Å². The Morgan fingerprint density at radius 3 is 2.89 bits per heavy atom. The van der Waals surface area contributed by atoms with Crippen molar-refractivity contribution in [3.63, 3.8) is 0 Å². The minimum absolute atomic E-state index is 0.133. The number of nitrogens with one attached hydrogen (secondary N) is 1. The zero-order valence-corrected chi connectivity index (χ0v) is 16.1. The molecule has 1 atom stereocenters. The van der Waals surface area contributed by atoms with E-state index in [1.54, 1.807) is 12.4 Å². The van der Waals surface area contributed by atoms with Crippen molar-refractivity contribution >= 4 is 33.9 Å². The fourth-order valence-corrected chi connectivity index (χ4v) is 4.06. The number of nitrogen functional groups attached to an aromatic ring is 1. The van der Waals surface area contributed by atoms with Crippen LogP contribution in [0.15, 0.2) is 42.7 Å². The Kier molecular flexibility index (Phi) is 5.43.